The molecule has 3 amide bonds. The first kappa shape index (κ1) is 15.8. The largest absolute Gasteiger partial charge is 0.324 e. The second kappa shape index (κ2) is 5.83. The second-order valence-corrected chi connectivity index (χ2v) is 8.08. The lowest BCUT2D eigenvalue weighted by Crippen LogP contribution is -2.55. The van der Waals surface area contributed by atoms with E-state index >= 15 is 0 Å². The Kier molecular flexibility index (Phi) is 4.18. The number of nitrogens with zero attached hydrogens (tertiary/aromatic N) is 2. The van der Waals surface area contributed by atoms with Crippen LogP contribution < -0.4 is 5.32 Å². The molecule has 2 aliphatic heterocycles. The Morgan fingerprint density at radius 1 is 1.45 bits per heavy atom. The van der Waals surface area contributed by atoms with Gasteiger partial charge in [-0.1, -0.05) is 11.6 Å². The molecule has 3 heterocycles. The van der Waals surface area contributed by atoms with Crippen molar-refractivity contribution < 1.29 is 9.59 Å². The number of thiophene rings is 1. The summed E-state index contributed by atoms with van der Waals surface area (Å²) in [5.41, 5.74) is -0.780. The van der Waals surface area contributed by atoms with Crippen LogP contribution in [-0.4, -0.2) is 47.4 Å². The average Bonchev–Trinajstić information content (AvgIpc) is 2.98. The zero-order chi connectivity index (χ0) is 15.9. The van der Waals surface area contributed by atoms with E-state index in [1.807, 2.05) is 13.0 Å². The Bertz CT molecular complexity index is 605. The van der Waals surface area contributed by atoms with Gasteiger partial charge in [-0.15, -0.1) is 11.3 Å². The van der Waals surface area contributed by atoms with Crippen LogP contribution in [0.25, 0.3) is 0 Å². The van der Waals surface area contributed by atoms with Crippen LogP contribution in [0.5, 0.6) is 0 Å². The standard InChI is InChI=1S/C15H20ClN3O2S/c1-15(13(20)18(2)14(21)17-15)10-4-3-7-19(8-10)9-11-5-6-12(16)22-11/h5-6,10H,3-4,7-9H2,1-2H3,(H,17,21)/t10-,15-/m0/s1. The highest BCUT2D eigenvalue weighted by atomic mass is 35.5. The molecule has 3 rings (SSSR count). The van der Waals surface area contributed by atoms with Crippen molar-refractivity contribution in [3.63, 3.8) is 0 Å². The summed E-state index contributed by atoms with van der Waals surface area (Å²) in [7, 11) is 1.54. The van der Waals surface area contributed by atoms with Gasteiger partial charge in [0.15, 0.2) is 0 Å². The minimum Gasteiger partial charge on any atom is -0.323 e. The lowest BCUT2D eigenvalue weighted by molar-refractivity contribution is -0.132. The molecule has 0 saturated carbocycles. The van der Waals surface area contributed by atoms with E-state index in [0.717, 1.165) is 36.8 Å². The highest BCUT2D eigenvalue weighted by molar-refractivity contribution is 7.16. The summed E-state index contributed by atoms with van der Waals surface area (Å²) in [6.45, 7) is 4.53. The van der Waals surface area contributed by atoms with E-state index in [-0.39, 0.29) is 17.9 Å². The minimum absolute atomic E-state index is 0.122. The van der Waals surface area contributed by atoms with Crippen LogP contribution in [0.2, 0.25) is 4.34 Å². The molecule has 2 atom stereocenters. The third-order valence-electron chi connectivity index (χ3n) is 4.75. The van der Waals surface area contributed by atoms with Gasteiger partial charge in [-0.25, -0.2) is 4.79 Å². The summed E-state index contributed by atoms with van der Waals surface area (Å²) in [6, 6.07) is 3.67. The lowest BCUT2D eigenvalue weighted by Gasteiger charge is -2.39. The van der Waals surface area contributed by atoms with Crippen molar-refractivity contribution in [2.75, 3.05) is 20.1 Å². The molecule has 120 valence electrons. The van der Waals surface area contributed by atoms with Gasteiger partial charge in [-0.3, -0.25) is 14.6 Å². The average molecular weight is 342 g/mol. The topological polar surface area (TPSA) is 52.7 Å². The van der Waals surface area contributed by atoms with Crippen LogP contribution in [0, 0.1) is 5.92 Å². The zero-order valence-electron chi connectivity index (χ0n) is 12.8. The van der Waals surface area contributed by atoms with Crippen LogP contribution in [0.3, 0.4) is 0 Å². The maximum Gasteiger partial charge on any atom is 0.324 e. The smallest absolute Gasteiger partial charge is 0.323 e. The molecular formula is C15H20ClN3O2S. The number of piperidine rings is 1. The third kappa shape index (κ3) is 2.75. The van der Waals surface area contributed by atoms with Gasteiger partial charge in [0.05, 0.1) is 4.34 Å². The highest BCUT2D eigenvalue weighted by Gasteiger charge is 2.51. The van der Waals surface area contributed by atoms with E-state index in [0.29, 0.717) is 0 Å². The van der Waals surface area contributed by atoms with Gasteiger partial charge in [0.1, 0.15) is 5.54 Å². The number of likely N-dealkylation sites (N-methyl/N-ethyl adjacent to an activating group) is 1. The summed E-state index contributed by atoms with van der Waals surface area (Å²) >= 11 is 7.58. The van der Waals surface area contributed by atoms with Crippen molar-refractivity contribution in [2.24, 2.45) is 5.92 Å². The van der Waals surface area contributed by atoms with Gasteiger partial charge in [0, 0.05) is 30.9 Å². The zero-order valence-corrected chi connectivity index (χ0v) is 14.3. The number of rotatable bonds is 3. The van der Waals surface area contributed by atoms with Crippen LogP contribution in [0.15, 0.2) is 12.1 Å². The van der Waals surface area contributed by atoms with Crippen LogP contribution >= 0.6 is 22.9 Å². The van der Waals surface area contributed by atoms with Gasteiger partial charge < -0.3 is 5.32 Å². The normalized spacial score (nSPS) is 30.0. The van der Waals surface area contributed by atoms with E-state index in [1.165, 1.54) is 16.8 Å². The fraction of sp³-hybridized carbons (Fsp3) is 0.600. The number of carbonyl (C=O) groups is 2. The summed E-state index contributed by atoms with van der Waals surface area (Å²) in [5.74, 6) is 0.0154. The van der Waals surface area contributed by atoms with Crippen molar-refractivity contribution in [1.82, 2.24) is 15.1 Å². The van der Waals surface area contributed by atoms with Crippen LogP contribution in [-0.2, 0) is 11.3 Å². The maximum absolute atomic E-state index is 12.4. The van der Waals surface area contributed by atoms with E-state index < -0.39 is 5.54 Å². The molecule has 0 aromatic carbocycles. The molecule has 0 unspecified atom stereocenters. The van der Waals surface area contributed by atoms with Crippen LogP contribution in [0.4, 0.5) is 4.79 Å². The molecule has 1 aromatic rings. The number of imide groups is 1. The van der Waals surface area contributed by atoms with E-state index in [2.05, 4.69) is 16.3 Å². The van der Waals surface area contributed by atoms with Crippen molar-refractivity contribution in [3.05, 3.63) is 21.3 Å². The van der Waals surface area contributed by atoms with Gasteiger partial charge in [-0.05, 0) is 38.4 Å². The second-order valence-electron chi connectivity index (χ2n) is 6.28. The molecule has 2 fully saturated rings. The third-order valence-corrected chi connectivity index (χ3v) is 5.97. The summed E-state index contributed by atoms with van der Waals surface area (Å²) in [5, 5.41) is 2.88. The monoisotopic (exact) mass is 341 g/mol. The van der Waals surface area contributed by atoms with Gasteiger partial charge in [0.25, 0.3) is 5.91 Å². The first-order valence-electron chi connectivity index (χ1n) is 7.47. The molecule has 2 saturated heterocycles. The Morgan fingerprint density at radius 3 is 2.82 bits per heavy atom. The van der Waals surface area contributed by atoms with Crippen molar-refractivity contribution in [2.45, 2.75) is 31.8 Å². The quantitative estimate of drug-likeness (QED) is 0.860. The minimum atomic E-state index is -0.780. The van der Waals surface area contributed by atoms with Gasteiger partial charge >= 0.3 is 6.03 Å². The lowest BCUT2D eigenvalue weighted by atomic mass is 9.80. The number of halogens is 1. The molecule has 1 N–H and O–H groups in total. The summed E-state index contributed by atoms with van der Waals surface area (Å²) < 4.78 is 0.801. The first-order valence-corrected chi connectivity index (χ1v) is 8.66. The Labute approximate surface area is 139 Å². The fourth-order valence-electron chi connectivity index (χ4n) is 3.40. The molecule has 22 heavy (non-hydrogen) atoms. The van der Waals surface area contributed by atoms with E-state index in [1.54, 1.807) is 11.3 Å². The summed E-state index contributed by atoms with van der Waals surface area (Å²) in [6.07, 6.45) is 1.99. The SMILES string of the molecule is CN1C(=O)N[C@@](C)([C@H]2CCCN(Cc3ccc(Cl)s3)C2)C1=O. The van der Waals surface area contributed by atoms with Gasteiger partial charge in [0.2, 0.25) is 0 Å². The number of carbonyl (C=O) groups excluding carboxylic acids is 2. The molecule has 0 radical (unpaired) electrons. The van der Waals surface area contributed by atoms with Crippen LogP contribution in [0.1, 0.15) is 24.6 Å². The van der Waals surface area contributed by atoms with E-state index in [4.69, 9.17) is 11.6 Å². The van der Waals surface area contributed by atoms with Crippen molar-refractivity contribution >= 4 is 34.9 Å². The van der Waals surface area contributed by atoms with Gasteiger partial charge in [-0.2, -0.15) is 0 Å². The maximum atomic E-state index is 12.4. The molecule has 0 bridgehead atoms. The number of hydrogen-bond acceptors (Lipinski definition) is 4. The Morgan fingerprint density at radius 2 is 2.23 bits per heavy atom. The number of urea groups is 1. The molecule has 0 spiro atoms. The molecule has 7 heteroatoms. The molecule has 1 aromatic heterocycles. The van der Waals surface area contributed by atoms with Crippen molar-refractivity contribution in [3.8, 4) is 0 Å². The number of likely N-dealkylation sites (tertiary alicyclic amines) is 1. The molecule has 5 nitrogen and oxygen atoms in total. The number of nitrogens with one attached hydrogen (secondary N) is 1. The predicted octanol–water partition coefficient (Wildman–Crippen LogP) is 2.55. The van der Waals surface area contributed by atoms with E-state index in [9.17, 15) is 9.59 Å². The number of hydrogen-bond donors (Lipinski definition) is 1. The molecule has 2 aliphatic rings. The fourth-order valence-corrected chi connectivity index (χ4v) is 4.53. The van der Waals surface area contributed by atoms with Crippen molar-refractivity contribution in [1.29, 1.82) is 0 Å². The summed E-state index contributed by atoms with van der Waals surface area (Å²) in [4.78, 5) is 29.0. The highest BCUT2D eigenvalue weighted by Crippen LogP contribution is 2.33. The molecular weight excluding hydrogens is 322 g/mol. The first-order chi connectivity index (χ1) is 10.4. The Hall–Kier alpha value is -1.11. The predicted molar refractivity (Wildman–Crippen MR) is 87.0 cm³/mol. The Balaban J connectivity index is 1.70. The molecule has 0 aliphatic carbocycles. The number of amides is 3.